The maximum absolute atomic E-state index is 12.0. The van der Waals surface area contributed by atoms with Crippen LogP contribution in [-0.4, -0.2) is 25.1 Å². The summed E-state index contributed by atoms with van der Waals surface area (Å²) in [5, 5.41) is 0. The molecule has 0 unspecified atom stereocenters. The molecule has 0 radical (unpaired) electrons. The van der Waals surface area contributed by atoms with Gasteiger partial charge in [0.2, 0.25) is 0 Å². The van der Waals surface area contributed by atoms with Crippen molar-refractivity contribution in [1.82, 2.24) is 0 Å². The fourth-order valence-electron chi connectivity index (χ4n) is 1.99. The van der Waals surface area contributed by atoms with E-state index in [1.807, 2.05) is 0 Å². The van der Waals surface area contributed by atoms with Gasteiger partial charge in [0.15, 0.2) is 6.61 Å². The van der Waals surface area contributed by atoms with Gasteiger partial charge in [-0.25, -0.2) is 4.79 Å². The van der Waals surface area contributed by atoms with Crippen molar-refractivity contribution in [2.75, 3.05) is 6.61 Å². The minimum Gasteiger partial charge on any atom is -0.452 e. The Morgan fingerprint density at radius 2 is 1.31 bits per heavy atom. The lowest BCUT2D eigenvalue weighted by Gasteiger charge is -2.09. The minimum atomic E-state index is -4.71. The van der Waals surface area contributed by atoms with E-state index in [4.69, 9.17) is 0 Å². The van der Waals surface area contributed by atoms with Crippen LogP contribution in [0.1, 0.15) is 15.9 Å². The molecule has 0 heterocycles. The summed E-state index contributed by atoms with van der Waals surface area (Å²) in [7, 11) is 0. The zero-order valence-electron chi connectivity index (χ0n) is 13.0. The Kier molecular flexibility index (Phi) is 5.91. The molecule has 2 aromatic carbocycles. The van der Waals surface area contributed by atoms with Crippen LogP contribution in [0.3, 0.4) is 0 Å². The molecular weight excluding hydrogens is 366 g/mol. The summed E-state index contributed by atoms with van der Waals surface area (Å²) < 4.78 is 79.9. The van der Waals surface area contributed by atoms with Gasteiger partial charge >= 0.3 is 18.5 Å². The number of hydrogen-bond donors (Lipinski definition) is 0. The molecule has 0 amide bonds. The zero-order chi connectivity index (χ0) is 19.4. The number of carbonyl (C=O) groups excluding carboxylic acids is 1. The van der Waals surface area contributed by atoms with Crippen LogP contribution in [-0.2, 0) is 16.1 Å². The van der Waals surface area contributed by atoms with Crippen molar-refractivity contribution in [3.05, 3.63) is 59.7 Å². The summed E-state index contributed by atoms with van der Waals surface area (Å²) in [6.07, 6.45) is -9.32. The summed E-state index contributed by atoms with van der Waals surface area (Å²) in [6.45, 7) is -2.29. The van der Waals surface area contributed by atoms with E-state index in [-0.39, 0.29) is 5.56 Å². The van der Waals surface area contributed by atoms with Gasteiger partial charge in [0.25, 0.3) is 0 Å². The van der Waals surface area contributed by atoms with Crippen LogP contribution in [0, 0.1) is 0 Å². The molecule has 0 fully saturated rings. The van der Waals surface area contributed by atoms with Gasteiger partial charge in [-0.15, -0.1) is 13.2 Å². The SMILES string of the molecule is O=C(OCC(F)(F)F)c1ccc(-c2ccc(COC(F)(F)F)cc2)cc1. The third kappa shape index (κ3) is 6.40. The van der Waals surface area contributed by atoms with Crippen molar-refractivity contribution < 1.29 is 40.6 Å². The van der Waals surface area contributed by atoms with Gasteiger partial charge in [-0.3, -0.25) is 4.74 Å². The fraction of sp³-hybridized carbons (Fsp3) is 0.235. The van der Waals surface area contributed by atoms with E-state index < -0.39 is 31.7 Å². The highest BCUT2D eigenvalue weighted by molar-refractivity contribution is 5.90. The summed E-state index contributed by atoms with van der Waals surface area (Å²) in [5.41, 5.74) is 1.54. The Morgan fingerprint density at radius 1 is 0.808 bits per heavy atom. The number of hydrogen-bond acceptors (Lipinski definition) is 3. The largest absolute Gasteiger partial charge is 0.522 e. The first kappa shape index (κ1) is 19.8. The quantitative estimate of drug-likeness (QED) is 0.536. The lowest BCUT2D eigenvalue weighted by molar-refractivity contribution is -0.330. The molecule has 3 nitrogen and oxygen atoms in total. The van der Waals surface area contributed by atoms with Crippen molar-refractivity contribution in [1.29, 1.82) is 0 Å². The average molecular weight is 378 g/mol. The third-order valence-electron chi connectivity index (χ3n) is 3.18. The first-order valence-electron chi connectivity index (χ1n) is 7.17. The Labute approximate surface area is 144 Å². The van der Waals surface area contributed by atoms with Gasteiger partial charge in [0, 0.05) is 0 Å². The molecule has 2 rings (SSSR count). The Balaban J connectivity index is 2.00. The van der Waals surface area contributed by atoms with E-state index in [9.17, 15) is 31.1 Å². The van der Waals surface area contributed by atoms with Crippen LogP contribution in [0.4, 0.5) is 26.3 Å². The van der Waals surface area contributed by atoms with Gasteiger partial charge in [-0.05, 0) is 28.8 Å². The highest BCUT2D eigenvalue weighted by Gasteiger charge is 2.30. The first-order chi connectivity index (χ1) is 12.0. The van der Waals surface area contributed by atoms with Gasteiger partial charge in [-0.2, -0.15) is 13.2 Å². The number of alkyl halides is 6. The van der Waals surface area contributed by atoms with Crippen LogP contribution in [0.5, 0.6) is 0 Å². The molecule has 0 spiro atoms. The van der Waals surface area contributed by atoms with Gasteiger partial charge in [-0.1, -0.05) is 36.4 Å². The predicted molar refractivity (Wildman–Crippen MR) is 79.1 cm³/mol. The number of ether oxygens (including phenoxy) is 2. The van der Waals surface area contributed by atoms with Crippen LogP contribution in [0.25, 0.3) is 11.1 Å². The number of esters is 1. The Morgan fingerprint density at radius 3 is 1.77 bits per heavy atom. The van der Waals surface area contributed by atoms with E-state index in [0.717, 1.165) is 0 Å². The minimum absolute atomic E-state index is 0.0480. The molecule has 2 aromatic rings. The number of benzene rings is 2. The Hall–Kier alpha value is -2.55. The Bertz CT molecular complexity index is 733. The van der Waals surface area contributed by atoms with Gasteiger partial charge < -0.3 is 4.74 Å². The summed E-state index contributed by atoms with van der Waals surface area (Å²) >= 11 is 0. The maximum Gasteiger partial charge on any atom is 0.522 e. The highest BCUT2D eigenvalue weighted by atomic mass is 19.4. The second-order valence-electron chi connectivity index (χ2n) is 5.20. The van der Waals surface area contributed by atoms with Crippen molar-refractivity contribution in [3.8, 4) is 11.1 Å². The van der Waals surface area contributed by atoms with E-state index in [2.05, 4.69) is 9.47 Å². The molecule has 0 atom stereocenters. The molecule has 0 aliphatic carbocycles. The second-order valence-corrected chi connectivity index (χ2v) is 5.20. The summed E-state index contributed by atoms with van der Waals surface area (Å²) in [5.74, 6) is -1.10. The molecule has 26 heavy (non-hydrogen) atoms. The van der Waals surface area contributed by atoms with Crippen molar-refractivity contribution in [3.63, 3.8) is 0 Å². The molecule has 0 aliphatic heterocycles. The van der Waals surface area contributed by atoms with Crippen molar-refractivity contribution >= 4 is 5.97 Å². The second kappa shape index (κ2) is 7.77. The third-order valence-corrected chi connectivity index (χ3v) is 3.18. The van der Waals surface area contributed by atoms with Gasteiger partial charge in [0.1, 0.15) is 0 Å². The normalized spacial score (nSPS) is 12.1. The van der Waals surface area contributed by atoms with Crippen LogP contribution in [0.2, 0.25) is 0 Å². The standard InChI is InChI=1S/C17H12F6O3/c18-16(19,20)10-25-15(24)14-7-5-13(6-8-14)12-3-1-11(2-4-12)9-26-17(21,22)23/h1-8H,9-10H2. The molecular formula is C17H12F6O3. The number of rotatable bonds is 5. The molecule has 0 aromatic heterocycles. The molecule has 0 saturated heterocycles. The molecule has 0 bridgehead atoms. The molecule has 9 heteroatoms. The highest BCUT2D eigenvalue weighted by Crippen LogP contribution is 2.23. The van der Waals surface area contributed by atoms with Crippen LogP contribution >= 0.6 is 0 Å². The molecule has 0 N–H and O–H groups in total. The fourth-order valence-corrected chi connectivity index (χ4v) is 1.99. The molecule has 0 saturated carbocycles. The smallest absolute Gasteiger partial charge is 0.452 e. The van der Waals surface area contributed by atoms with E-state index in [1.54, 1.807) is 12.1 Å². The van der Waals surface area contributed by atoms with Crippen LogP contribution in [0.15, 0.2) is 48.5 Å². The van der Waals surface area contributed by atoms with Crippen LogP contribution < -0.4 is 0 Å². The van der Waals surface area contributed by atoms with Crippen molar-refractivity contribution in [2.24, 2.45) is 0 Å². The van der Waals surface area contributed by atoms with Crippen molar-refractivity contribution in [2.45, 2.75) is 19.1 Å². The lowest BCUT2D eigenvalue weighted by atomic mass is 10.0. The zero-order valence-corrected chi connectivity index (χ0v) is 13.0. The van der Waals surface area contributed by atoms with E-state index in [0.29, 0.717) is 16.7 Å². The number of halogens is 6. The molecule has 140 valence electrons. The predicted octanol–water partition coefficient (Wildman–Crippen LogP) is 5.11. The summed E-state index contributed by atoms with van der Waals surface area (Å²) in [4.78, 5) is 11.5. The van der Waals surface area contributed by atoms with E-state index in [1.165, 1.54) is 36.4 Å². The first-order valence-corrected chi connectivity index (χ1v) is 7.17. The summed E-state index contributed by atoms with van der Waals surface area (Å²) in [6, 6.07) is 11.6. The topological polar surface area (TPSA) is 35.5 Å². The lowest BCUT2D eigenvalue weighted by Crippen LogP contribution is -2.20. The molecule has 0 aliphatic rings. The monoisotopic (exact) mass is 378 g/mol. The van der Waals surface area contributed by atoms with E-state index >= 15 is 0 Å². The number of carbonyl (C=O) groups is 1. The maximum atomic E-state index is 12.0. The van der Waals surface area contributed by atoms with Gasteiger partial charge in [0.05, 0.1) is 12.2 Å². The average Bonchev–Trinajstić information content (AvgIpc) is 2.57.